The Kier molecular flexibility index (Phi) is 4.67. The molecule has 1 aliphatic carbocycles. The van der Waals surface area contributed by atoms with Gasteiger partial charge in [0.05, 0.1) is 11.7 Å². The van der Waals surface area contributed by atoms with Crippen molar-refractivity contribution in [3.63, 3.8) is 0 Å². The second-order valence-electron chi connectivity index (χ2n) is 6.30. The fourth-order valence-electron chi connectivity index (χ4n) is 3.74. The SMILES string of the molecule is CCN(CC)[C@H]1CCC[C@H](Oc2ccc3[nH]ncc3c2C)C1. The van der Waals surface area contributed by atoms with E-state index in [2.05, 4.69) is 48.0 Å². The third-order valence-corrected chi connectivity index (χ3v) is 5.06. The van der Waals surface area contributed by atoms with Gasteiger partial charge in [0, 0.05) is 17.0 Å². The monoisotopic (exact) mass is 301 g/mol. The first-order chi connectivity index (χ1) is 10.7. The lowest BCUT2D eigenvalue weighted by molar-refractivity contribution is 0.0814. The number of hydrogen-bond acceptors (Lipinski definition) is 3. The van der Waals surface area contributed by atoms with Crippen LogP contribution in [0.3, 0.4) is 0 Å². The maximum atomic E-state index is 6.36. The molecule has 0 radical (unpaired) electrons. The summed E-state index contributed by atoms with van der Waals surface area (Å²) < 4.78 is 6.36. The van der Waals surface area contributed by atoms with Crippen molar-refractivity contribution in [1.29, 1.82) is 0 Å². The van der Waals surface area contributed by atoms with Crippen LogP contribution in [0.1, 0.15) is 45.1 Å². The summed E-state index contributed by atoms with van der Waals surface area (Å²) in [5, 5.41) is 8.30. The summed E-state index contributed by atoms with van der Waals surface area (Å²) in [5.41, 5.74) is 2.27. The summed E-state index contributed by atoms with van der Waals surface area (Å²) >= 11 is 0. The van der Waals surface area contributed by atoms with Gasteiger partial charge in [-0.05, 0) is 57.8 Å². The lowest BCUT2D eigenvalue weighted by atomic mass is 9.91. The van der Waals surface area contributed by atoms with Gasteiger partial charge in [0.2, 0.25) is 0 Å². The van der Waals surface area contributed by atoms with Crippen LogP contribution in [0.4, 0.5) is 0 Å². The van der Waals surface area contributed by atoms with Gasteiger partial charge >= 0.3 is 0 Å². The number of aromatic amines is 1. The average molecular weight is 301 g/mol. The zero-order chi connectivity index (χ0) is 15.5. The standard InChI is InChI=1S/C18H27N3O/c1-4-21(5-2)14-7-6-8-15(11-14)22-18-10-9-17-16(13(18)3)12-19-20-17/h9-10,12,14-15H,4-8,11H2,1-3H3,(H,19,20)/t14-,15-/m0/s1. The minimum absolute atomic E-state index is 0.336. The van der Waals surface area contributed by atoms with Crippen LogP contribution >= 0.6 is 0 Å². The van der Waals surface area contributed by atoms with E-state index < -0.39 is 0 Å². The predicted octanol–water partition coefficient (Wildman–Crippen LogP) is 3.90. The Labute approximate surface area is 132 Å². The molecule has 0 unspecified atom stereocenters. The third kappa shape index (κ3) is 2.98. The fourth-order valence-corrected chi connectivity index (χ4v) is 3.74. The molecule has 0 bridgehead atoms. The molecule has 120 valence electrons. The Morgan fingerprint density at radius 3 is 2.86 bits per heavy atom. The molecule has 0 saturated heterocycles. The maximum Gasteiger partial charge on any atom is 0.123 e. The maximum absolute atomic E-state index is 6.36. The normalized spacial score (nSPS) is 22.4. The number of aromatic nitrogens is 2. The zero-order valence-electron chi connectivity index (χ0n) is 13.9. The first-order valence-corrected chi connectivity index (χ1v) is 8.56. The summed E-state index contributed by atoms with van der Waals surface area (Å²) in [6.45, 7) is 8.90. The second-order valence-corrected chi connectivity index (χ2v) is 6.30. The van der Waals surface area contributed by atoms with Gasteiger partial charge in [-0.3, -0.25) is 5.10 Å². The van der Waals surface area contributed by atoms with Crippen molar-refractivity contribution in [3.8, 4) is 5.75 Å². The first kappa shape index (κ1) is 15.3. The molecule has 4 nitrogen and oxygen atoms in total. The van der Waals surface area contributed by atoms with E-state index in [1.54, 1.807) is 0 Å². The molecule has 1 fully saturated rings. The van der Waals surface area contributed by atoms with Gasteiger partial charge in [0.15, 0.2) is 0 Å². The molecule has 2 atom stereocenters. The summed E-state index contributed by atoms with van der Waals surface area (Å²) in [6, 6.07) is 4.82. The second kappa shape index (κ2) is 6.69. The molecule has 22 heavy (non-hydrogen) atoms. The van der Waals surface area contributed by atoms with Gasteiger partial charge in [-0.2, -0.15) is 5.10 Å². The number of rotatable bonds is 5. The summed E-state index contributed by atoms with van der Waals surface area (Å²) in [4.78, 5) is 2.57. The number of fused-ring (bicyclic) bond motifs is 1. The molecule has 1 aromatic carbocycles. The smallest absolute Gasteiger partial charge is 0.123 e. The van der Waals surface area contributed by atoms with Crippen molar-refractivity contribution in [2.75, 3.05) is 13.1 Å². The van der Waals surface area contributed by atoms with Crippen molar-refractivity contribution >= 4 is 10.9 Å². The van der Waals surface area contributed by atoms with Crippen molar-refractivity contribution in [1.82, 2.24) is 15.1 Å². The number of hydrogen-bond donors (Lipinski definition) is 1. The quantitative estimate of drug-likeness (QED) is 0.910. The topological polar surface area (TPSA) is 41.1 Å². The number of benzene rings is 1. The highest BCUT2D eigenvalue weighted by molar-refractivity contribution is 5.83. The Hall–Kier alpha value is -1.55. The van der Waals surface area contributed by atoms with E-state index in [9.17, 15) is 0 Å². The predicted molar refractivity (Wildman–Crippen MR) is 90.4 cm³/mol. The van der Waals surface area contributed by atoms with Gasteiger partial charge < -0.3 is 9.64 Å². The number of H-pyrrole nitrogens is 1. The van der Waals surface area contributed by atoms with Crippen molar-refractivity contribution < 1.29 is 4.74 Å². The van der Waals surface area contributed by atoms with Crippen LogP contribution in [-0.4, -0.2) is 40.3 Å². The molecule has 1 N–H and O–H groups in total. The Balaban J connectivity index is 1.72. The first-order valence-electron chi connectivity index (χ1n) is 8.56. The zero-order valence-corrected chi connectivity index (χ0v) is 13.9. The minimum Gasteiger partial charge on any atom is -0.490 e. The number of nitrogens with zero attached hydrogens (tertiary/aromatic N) is 2. The summed E-state index contributed by atoms with van der Waals surface area (Å²) in [6.07, 6.45) is 7.10. The van der Waals surface area contributed by atoms with E-state index in [4.69, 9.17) is 4.74 Å². The molecule has 1 heterocycles. The van der Waals surface area contributed by atoms with Gasteiger partial charge in [-0.25, -0.2) is 0 Å². The summed E-state index contributed by atoms with van der Waals surface area (Å²) in [7, 11) is 0. The van der Waals surface area contributed by atoms with Gasteiger partial charge in [-0.1, -0.05) is 13.8 Å². The Morgan fingerprint density at radius 1 is 1.27 bits per heavy atom. The van der Waals surface area contributed by atoms with Crippen LogP contribution < -0.4 is 4.74 Å². The van der Waals surface area contributed by atoms with Crippen molar-refractivity contribution in [2.45, 2.75) is 58.6 Å². The molecular formula is C18H27N3O. The van der Waals surface area contributed by atoms with E-state index in [0.29, 0.717) is 12.1 Å². The highest BCUT2D eigenvalue weighted by atomic mass is 16.5. The molecule has 0 aliphatic heterocycles. The van der Waals surface area contributed by atoms with Crippen molar-refractivity contribution in [3.05, 3.63) is 23.9 Å². The molecule has 3 rings (SSSR count). The molecule has 1 saturated carbocycles. The van der Waals surface area contributed by atoms with Crippen LogP contribution in [0.5, 0.6) is 5.75 Å². The molecule has 4 heteroatoms. The summed E-state index contributed by atoms with van der Waals surface area (Å²) in [5.74, 6) is 1.01. The fraction of sp³-hybridized carbons (Fsp3) is 0.611. The number of aryl methyl sites for hydroxylation is 1. The lowest BCUT2D eigenvalue weighted by Gasteiger charge is -2.36. The molecule has 0 spiro atoms. The molecule has 1 aliphatic rings. The average Bonchev–Trinajstić information content (AvgIpc) is 3.01. The molecular weight excluding hydrogens is 274 g/mol. The largest absolute Gasteiger partial charge is 0.490 e. The molecule has 0 amide bonds. The minimum atomic E-state index is 0.336. The van der Waals surface area contributed by atoms with E-state index in [1.807, 2.05) is 6.20 Å². The van der Waals surface area contributed by atoms with E-state index >= 15 is 0 Å². The van der Waals surface area contributed by atoms with E-state index in [1.165, 1.54) is 24.8 Å². The third-order valence-electron chi connectivity index (χ3n) is 5.06. The highest BCUT2D eigenvalue weighted by Gasteiger charge is 2.26. The van der Waals surface area contributed by atoms with Gasteiger partial charge in [0.25, 0.3) is 0 Å². The Morgan fingerprint density at radius 2 is 2.09 bits per heavy atom. The van der Waals surface area contributed by atoms with Crippen LogP contribution in [-0.2, 0) is 0 Å². The number of ether oxygens (including phenoxy) is 1. The van der Waals surface area contributed by atoms with E-state index in [0.717, 1.165) is 36.2 Å². The van der Waals surface area contributed by atoms with Crippen LogP contribution in [0.25, 0.3) is 10.9 Å². The molecule has 1 aromatic heterocycles. The van der Waals surface area contributed by atoms with E-state index in [-0.39, 0.29) is 0 Å². The van der Waals surface area contributed by atoms with Crippen LogP contribution in [0, 0.1) is 6.92 Å². The molecule has 2 aromatic rings. The van der Waals surface area contributed by atoms with Crippen LogP contribution in [0.15, 0.2) is 18.3 Å². The van der Waals surface area contributed by atoms with Gasteiger partial charge in [0.1, 0.15) is 11.9 Å². The van der Waals surface area contributed by atoms with Crippen LogP contribution in [0.2, 0.25) is 0 Å². The Bertz CT molecular complexity index is 618. The highest BCUT2D eigenvalue weighted by Crippen LogP contribution is 2.31. The number of nitrogens with one attached hydrogen (secondary N) is 1. The van der Waals surface area contributed by atoms with Crippen molar-refractivity contribution in [2.24, 2.45) is 0 Å². The van der Waals surface area contributed by atoms with Gasteiger partial charge in [-0.15, -0.1) is 0 Å². The lowest BCUT2D eigenvalue weighted by Crippen LogP contribution is -2.41.